The van der Waals surface area contributed by atoms with E-state index in [9.17, 15) is 5.26 Å². The van der Waals surface area contributed by atoms with Gasteiger partial charge >= 0.3 is 0 Å². The molecule has 1 unspecified atom stereocenters. The van der Waals surface area contributed by atoms with E-state index >= 15 is 0 Å². The molecule has 1 aromatic heterocycles. The van der Waals surface area contributed by atoms with Gasteiger partial charge in [-0.1, -0.05) is 18.2 Å². The van der Waals surface area contributed by atoms with Crippen molar-refractivity contribution in [2.75, 3.05) is 23.9 Å². The van der Waals surface area contributed by atoms with Crippen molar-refractivity contribution in [2.45, 2.75) is 26.5 Å². The number of guanidine groups is 1. The van der Waals surface area contributed by atoms with Crippen LogP contribution in [-0.2, 0) is 6.61 Å². The fourth-order valence-corrected chi connectivity index (χ4v) is 3.94. The van der Waals surface area contributed by atoms with E-state index in [0.717, 1.165) is 28.0 Å². The second-order valence-electron chi connectivity index (χ2n) is 7.96. The van der Waals surface area contributed by atoms with E-state index in [1.807, 2.05) is 62.5 Å². The number of aromatic nitrogens is 1. The van der Waals surface area contributed by atoms with Crippen LogP contribution in [0.4, 0.5) is 17.3 Å². The van der Waals surface area contributed by atoms with Gasteiger partial charge in [0.05, 0.1) is 12.8 Å². The number of pyridine rings is 1. The molecule has 2 aromatic carbocycles. The molecular formula is C25H24N8O2. The monoisotopic (exact) mass is 468 g/mol. The lowest BCUT2D eigenvalue weighted by molar-refractivity contribution is 0.294. The summed E-state index contributed by atoms with van der Waals surface area (Å²) in [4.78, 5) is 8.90. The molecule has 0 bridgehead atoms. The predicted octanol–water partition coefficient (Wildman–Crippen LogP) is 3.26. The Labute approximate surface area is 202 Å². The van der Waals surface area contributed by atoms with Crippen LogP contribution in [-0.4, -0.2) is 18.1 Å². The molecule has 0 aliphatic carbocycles. The molecule has 176 valence electrons. The van der Waals surface area contributed by atoms with E-state index in [0.29, 0.717) is 17.1 Å². The standard InChI is InChI=1S/C25H24N8O2/c1-13-5-4-6-18(14(13)2)35-11-16-9-15(7-8-19(16)34-3)22-20-21(28)17(10-26)23(29)32-24(20)33-25(31-22)30-12-27/h4-9,22H,11H2,1-3H3,(H6,28,29,30,31,32,33). The first-order valence-electron chi connectivity index (χ1n) is 10.7. The van der Waals surface area contributed by atoms with E-state index in [-0.39, 0.29) is 29.6 Å². The van der Waals surface area contributed by atoms with Gasteiger partial charge in [0.15, 0.2) is 6.19 Å². The molecule has 6 N–H and O–H groups in total. The number of nitrogens with zero attached hydrogens (tertiary/aromatic N) is 4. The lowest BCUT2D eigenvalue weighted by atomic mass is 9.94. The third-order valence-corrected chi connectivity index (χ3v) is 5.92. The van der Waals surface area contributed by atoms with E-state index in [1.165, 1.54) is 0 Å². The minimum Gasteiger partial charge on any atom is -0.496 e. The van der Waals surface area contributed by atoms with Gasteiger partial charge in [-0.05, 0) is 48.7 Å². The van der Waals surface area contributed by atoms with E-state index in [1.54, 1.807) is 7.11 Å². The zero-order chi connectivity index (χ0) is 25.1. The number of nitrogen functional groups attached to an aromatic ring is 2. The summed E-state index contributed by atoms with van der Waals surface area (Å²) in [5.41, 5.74) is 16.7. The number of rotatable bonds is 5. The minimum absolute atomic E-state index is 0.00875. The van der Waals surface area contributed by atoms with Crippen LogP contribution in [0, 0.1) is 36.6 Å². The second kappa shape index (κ2) is 9.49. The van der Waals surface area contributed by atoms with E-state index in [4.69, 9.17) is 26.2 Å². The Kier molecular flexibility index (Phi) is 6.30. The number of ether oxygens (including phenoxy) is 2. The van der Waals surface area contributed by atoms with Crippen LogP contribution in [0.5, 0.6) is 11.5 Å². The fraction of sp³-hybridized carbons (Fsp3) is 0.200. The molecular weight excluding hydrogens is 444 g/mol. The number of methoxy groups -OCH3 is 1. The fourth-order valence-electron chi connectivity index (χ4n) is 3.94. The maximum atomic E-state index is 9.53. The summed E-state index contributed by atoms with van der Waals surface area (Å²) in [7, 11) is 1.59. The van der Waals surface area contributed by atoms with Crippen molar-refractivity contribution < 1.29 is 9.47 Å². The Balaban J connectivity index is 1.78. The molecule has 0 fully saturated rings. The zero-order valence-electron chi connectivity index (χ0n) is 19.5. The molecule has 4 rings (SSSR count). The number of hydrogen-bond donors (Lipinski definition) is 4. The number of fused-ring (bicyclic) bond motifs is 1. The third kappa shape index (κ3) is 4.33. The van der Waals surface area contributed by atoms with Crippen molar-refractivity contribution in [1.82, 2.24) is 10.3 Å². The largest absolute Gasteiger partial charge is 0.496 e. The Morgan fingerprint density at radius 3 is 2.66 bits per heavy atom. The normalized spacial score (nSPS) is 14.0. The van der Waals surface area contributed by atoms with Crippen LogP contribution in [0.3, 0.4) is 0 Å². The molecule has 0 saturated carbocycles. The molecule has 35 heavy (non-hydrogen) atoms. The summed E-state index contributed by atoms with van der Waals surface area (Å²) >= 11 is 0. The van der Waals surface area contributed by atoms with Gasteiger partial charge in [-0.15, -0.1) is 0 Å². The highest BCUT2D eigenvalue weighted by molar-refractivity contribution is 5.98. The molecule has 0 amide bonds. The molecule has 0 saturated heterocycles. The molecule has 1 aliphatic heterocycles. The highest BCUT2D eigenvalue weighted by Crippen LogP contribution is 2.41. The maximum absolute atomic E-state index is 9.53. The number of benzene rings is 2. The summed E-state index contributed by atoms with van der Waals surface area (Å²) in [5, 5.41) is 24.1. The zero-order valence-corrected chi connectivity index (χ0v) is 19.5. The maximum Gasteiger partial charge on any atom is 0.211 e. The van der Waals surface area contributed by atoms with Crippen LogP contribution < -0.4 is 31.6 Å². The van der Waals surface area contributed by atoms with Crippen LogP contribution in [0.2, 0.25) is 0 Å². The third-order valence-electron chi connectivity index (χ3n) is 5.92. The number of nitrogens with one attached hydrogen (secondary N) is 2. The summed E-state index contributed by atoms with van der Waals surface area (Å²) in [6.07, 6.45) is 1.84. The second-order valence-corrected chi connectivity index (χ2v) is 7.96. The molecule has 3 aromatic rings. The summed E-state index contributed by atoms with van der Waals surface area (Å²) in [6, 6.07) is 12.8. The Morgan fingerprint density at radius 2 is 1.94 bits per heavy atom. The molecule has 2 heterocycles. The number of aryl methyl sites for hydroxylation is 1. The van der Waals surface area contributed by atoms with Crippen molar-refractivity contribution in [1.29, 1.82) is 10.5 Å². The smallest absolute Gasteiger partial charge is 0.211 e. The molecule has 1 atom stereocenters. The van der Waals surface area contributed by atoms with Crippen LogP contribution in [0.15, 0.2) is 41.4 Å². The van der Waals surface area contributed by atoms with Crippen LogP contribution in [0.1, 0.15) is 39.4 Å². The van der Waals surface area contributed by atoms with E-state index in [2.05, 4.69) is 20.6 Å². The van der Waals surface area contributed by atoms with Crippen molar-refractivity contribution in [3.05, 3.63) is 69.8 Å². The molecule has 10 heteroatoms. The van der Waals surface area contributed by atoms with Gasteiger partial charge in [0.25, 0.3) is 0 Å². The summed E-state index contributed by atoms with van der Waals surface area (Å²) in [6.45, 7) is 4.30. The van der Waals surface area contributed by atoms with Crippen molar-refractivity contribution in [3.63, 3.8) is 0 Å². The first-order chi connectivity index (χ1) is 16.9. The van der Waals surface area contributed by atoms with Gasteiger partial charge in [-0.25, -0.2) is 9.98 Å². The number of nitrogens with two attached hydrogens (primary N) is 2. The topological polar surface area (TPSA) is 167 Å². The summed E-state index contributed by atoms with van der Waals surface area (Å²) in [5.74, 6) is 1.93. The molecule has 0 spiro atoms. The first-order valence-corrected chi connectivity index (χ1v) is 10.7. The lowest BCUT2D eigenvalue weighted by Crippen LogP contribution is -2.32. The van der Waals surface area contributed by atoms with Crippen LogP contribution in [0.25, 0.3) is 0 Å². The highest BCUT2D eigenvalue weighted by atomic mass is 16.5. The van der Waals surface area contributed by atoms with Gasteiger partial charge in [0.2, 0.25) is 5.96 Å². The van der Waals surface area contributed by atoms with Crippen molar-refractivity contribution in [3.8, 4) is 23.8 Å². The Bertz CT molecular complexity index is 1420. The number of nitriles is 2. The molecule has 1 aliphatic rings. The quantitative estimate of drug-likeness (QED) is 0.324. The average molecular weight is 469 g/mol. The van der Waals surface area contributed by atoms with Gasteiger partial charge in [-0.3, -0.25) is 5.32 Å². The number of anilines is 3. The Morgan fingerprint density at radius 1 is 1.14 bits per heavy atom. The molecule has 10 nitrogen and oxygen atoms in total. The van der Waals surface area contributed by atoms with Crippen LogP contribution >= 0.6 is 0 Å². The first kappa shape index (κ1) is 23.2. The van der Waals surface area contributed by atoms with Crippen molar-refractivity contribution >= 4 is 23.3 Å². The lowest BCUT2D eigenvalue weighted by Gasteiger charge is -2.26. The van der Waals surface area contributed by atoms with Gasteiger partial charge in [-0.2, -0.15) is 10.5 Å². The van der Waals surface area contributed by atoms with Gasteiger partial charge in [0, 0.05) is 11.1 Å². The number of hydrogen-bond acceptors (Lipinski definition) is 10. The van der Waals surface area contributed by atoms with Gasteiger partial charge < -0.3 is 26.3 Å². The van der Waals surface area contributed by atoms with E-state index < -0.39 is 6.04 Å². The number of aliphatic imine (C=N–C) groups is 1. The minimum atomic E-state index is -0.660. The van der Waals surface area contributed by atoms with Gasteiger partial charge in [0.1, 0.15) is 47.4 Å². The predicted molar refractivity (Wildman–Crippen MR) is 133 cm³/mol. The molecule has 0 radical (unpaired) electrons. The SMILES string of the molecule is COc1ccc(C2N=C(NC#N)Nc3nc(N)c(C#N)c(N)c32)cc1COc1cccc(C)c1C. The highest BCUT2D eigenvalue weighted by Gasteiger charge is 2.30. The average Bonchev–Trinajstić information content (AvgIpc) is 2.84. The summed E-state index contributed by atoms with van der Waals surface area (Å²) < 4.78 is 11.7. The Hall–Kier alpha value is -4.96. The van der Waals surface area contributed by atoms with Crippen molar-refractivity contribution in [2.24, 2.45) is 4.99 Å².